The van der Waals surface area contributed by atoms with E-state index in [0.29, 0.717) is 5.92 Å². The number of ether oxygens (including phenoxy) is 1. The van der Waals surface area contributed by atoms with Crippen molar-refractivity contribution in [3.63, 3.8) is 0 Å². The summed E-state index contributed by atoms with van der Waals surface area (Å²) in [5.41, 5.74) is 4.01. The van der Waals surface area contributed by atoms with Crippen LogP contribution in [-0.2, 0) is 7.05 Å². The summed E-state index contributed by atoms with van der Waals surface area (Å²) in [5.74, 6) is 1.64. The van der Waals surface area contributed by atoms with Crippen LogP contribution in [0.25, 0.3) is 10.9 Å². The smallest absolute Gasteiger partial charge is 0.143 e. The predicted molar refractivity (Wildman–Crippen MR) is 79.1 cm³/mol. The van der Waals surface area contributed by atoms with E-state index in [1.54, 1.807) is 7.11 Å². The van der Waals surface area contributed by atoms with Crippen LogP contribution in [0.15, 0.2) is 18.2 Å². The van der Waals surface area contributed by atoms with Gasteiger partial charge in [-0.15, -0.1) is 0 Å². The van der Waals surface area contributed by atoms with Gasteiger partial charge in [-0.1, -0.05) is 6.07 Å². The van der Waals surface area contributed by atoms with E-state index in [1.165, 1.54) is 35.0 Å². The third-order valence-electron chi connectivity index (χ3n) is 4.39. The van der Waals surface area contributed by atoms with Gasteiger partial charge in [0.2, 0.25) is 0 Å². The van der Waals surface area contributed by atoms with Crippen LogP contribution >= 0.6 is 0 Å². The quantitative estimate of drug-likeness (QED) is 0.896. The van der Waals surface area contributed by atoms with E-state index >= 15 is 0 Å². The lowest BCUT2D eigenvalue weighted by molar-refractivity contribution is 0.416. The molecule has 1 saturated heterocycles. The molecule has 0 radical (unpaired) electrons. The maximum absolute atomic E-state index is 5.53. The second-order valence-electron chi connectivity index (χ2n) is 5.50. The fourth-order valence-corrected chi connectivity index (χ4v) is 3.26. The molecule has 0 unspecified atom stereocenters. The van der Waals surface area contributed by atoms with Gasteiger partial charge in [-0.2, -0.15) is 0 Å². The average Bonchev–Trinajstić information content (AvgIpc) is 2.80. The molecule has 1 aromatic carbocycles. The Morgan fingerprint density at radius 1 is 1.26 bits per heavy atom. The van der Waals surface area contributed by atoms with E-state index in [1.807, 2.05) is 0 Å². The molecule has 0 spiro atoms. The molecule has 0 bridgehead atoms. The number of rotatable bonds is 2. The van der Waals surface area contributed by atoms with Gasteiger partial charge in [-0.05, 0) is 50.6 Å². The first-order valence-corrected chi connectivity index (χ1v) is 7.06. The van der Waals surface area contributed by atoms with E-state index in [0.717, 1.165) is 18.8 Å². The Morgan fingerprint density at radius 2 is 2.00 bits per heavy atom. The van der Waals surface area contributed by atoms with Gasteiger partial charge in [0.1, 0.15) is 5.75 Å². The van der Waals surface area contributed by atoms with Crippen LogP contribution in [0.4, 0.5) is 0 Å². The zero-order chi connectivity index (χ0) is 13.4. The molecule has 19 heavy (non-hydrogen) atoms. The summed E-state index contributed by atoms with van der Waals surface area (Å²) < 4.78 is 7.86. The van der Waals surface area contributed by atoms with E-state index in [9.17, 15) is 0 Å². The minimum Gasteiger partial charge on any atom is -0.495 e. The van der Waals surface area contributed by atoms with Crippen LogP contribution in [-0.4, -0.2) is 24.8 Å². The molecule has 1 aliphatic heterocycles. The molecule has 102 valence electrons. The van der Waals surface area contributed by atoms with Crippen molar-refractivity contribution in [3.8, 4) is 5.75 Å². The van der Waals surface area contributed by atoms with Crippen LogP contribution < -0.4 is 10.1 Å². The molecule has 1 fully saturated rings. The van der Waals surface area contributed by atoms with E-state index < -0.39 is 0 Å². The Morgan fingerprint density at radius 3 is 2.68 bits per heavy atom. The number of methoxy groups -OCH3 is 1. The Bertz CT molecular complexity index is 594. The highest BCUT2D eigenvalue weighted by molar-refractivity contribution is 5.90. The zero-order valence-corrected chi connectivity index (χ0v) is 12.0. The lowest BCUT2D eigenvalue weighted by Crippen LogP contribution is -2.27. The molecule has 0 aliphatic carbocycles. The molecular formula is C16H22N2O. The van der Waals surface area contributed by atoms with Crippen LogP contribution in [0.5, 0.6) is 5.75 Å². The highest BCUT2D eigenvalue weighted by Crippen LogP contribution is 2.35. The second-order valence-corrected chi connectivity index (χ2v) is 5.50. The van der Waals surface area contributed by atoms with E-state index in [-0.39, 0.29) is 0 Å². The Kier molecular flexibility index (Phi) is 3.23. The average molecular weight is 258 g/mol. The minimum absolute atomic E-state index is 0.669. The molecular weight excluding hydrogens is 236 g/mol. The highest BCUT2D eigenvalue weighted by atomic mass is 16.5. The van der Waals surface area contributed by atoms with Crippen LogP contribution in [0.2, 0.25) is 0 Å². The summed E-state index contributed by atoms with van der Waals surface area (Å²) in [5, 5.41) is 4.77. The normalized spacial score (nSPS) is 17.0. The summed E-state index contributed by atoms with van der Waals surface area (Å²) in [6, 6.07) is 6.58. The van der Waals surface area contributed by atoms with E-state index in [4.69, 9.17) is 4.74 Å². The first-order valence-electron chi connectivity index (χ1n) is 7.06. The molecule has 0 amide bonds. The number of aromatic nitrogens is 1. The molecule has 2 heterocycles. The van der Waals surface area contributed by atoms with Gasteiger partial charge < -0.3 is 14.6 Å². The monoisotopic (exact) mass is 258 g/mol. The topological polar surface area (TPSA) is 26.2 Å². The molecule has 3 nitrogen and oxygen atoms in total. The maximum atomic E-state index is 5.53. The van der Waals surface area contributed by atoms with Crippen LogP contribution in [0.3, 0.4) is 0 Å². The van der Waals surface area contributed by atoms with E-state index in [2.05, 4.69) is 42.1 Å². The van der Waals surface area contributed by atoms with Gasteiger partial charge >= 0.3 is 0 Å². The number of fused-ring (bicyclic) bond motifs is 1. The van der Waals surface area contributed by atoms with Gasteiger partial charge in [0.15, 0.2) is 0 Å². The molecule has 1 aliphatic rings. The first-order chi connectivity index (χ1) is 9.22. The fraction of sp³-hybridized carbons (Fsp3) is 0.500. The number of aryl methyl sites for hydroxylation is 2. The Labute approximate surface area is 114 Å². The predicted octanol–water partition coefficient (Wildman–Crippen LogP) is 2.96. The van der Waals surface area contributed by atoms with Crippen molar-refractivity contribution in [2.24, 2.45) is 7.05 Å². The van der Waals surface area contributed by atoms with Crippen molar-refractivity contribution in [2.45, 2.75) is 25.7 Å². The SMILES string of the molecule is COc1ccc(C)c2cc(C3CCNCC3)n(C)c12. The van der Waals surface area contributed by atoms with Crippen LogP contribution in [0.1, 0.15) is 30.0 Å². The van der Waals surface area contributed by atoms with Crippen molar-refractivity contribution >= 4 is 10.9 Å². The molecule has 3 rings (SSSR count). The Hall–Kier alpha value is -1.48. The van der Waals surface area contributed by atoms with Gasteiger partial charge in [0, 0.05) is 24.0 Å². The summed E-state index contributed by atoms with van der Waals surface area (Å²) in [6.07, 6.45) is 2.46. The molecule has 2 aromatic rings. The third-order valence-corrected chi connectivity index (χ3v) is 4.39. The first kappa shape index (κ1) is 12.5. The summed E-state index contributed by atoms with van der Waals surface area (Å²) in [6.45, 7) is 4.43. The standard InChI is InChI=1S/C16H22N2O/c1-11-4-5-15(19-3)16-13(11)10-14(18(16)2)12-6-8-17-9-7-12/h4-5,10,12,17H,6-9H2,1-3H3. The maximum Gasteiger partial charge on any atom is 0.143 e. The molecule has 1 aromatic heterocycles. The van der Waals surface area contributed by atoms with Crippen molar-refractivity contribution < 1.29 is 4.74 Å². The van der Waals surface area contributed by atoms with Crippen molar-refractivity contribution in [3.05, 3.63) is 29.5 Å². The summed E-state index contributed by atoms with van der Waals surface area (Å²) in [7, 11) is 3.92. The summed E-state index contributed by atoms with van der Waals surface area (Å²) in [4.78, 5) is 0. The van der Waals surface area contributed by atoms with Crippen molar-refractivity contribution in [1.82, 2.24) is 9.88 Å². The largest absolute Gasteiger partial charge is 0.495 e. The van der Waals surface area contributed by atoms with Crippen molar-refractivity contribution in [1.29, 1.82) is 0 Å². The Balaban J connectivity index is 2.16. The van der Waals surface area contributed by atoms with Crippen molar-refractivity contribution in [2.75, 3.05) is 20.2 Å². The third kappa shape index (κ3) is 2.02. The number of hydrogen-bond donors (Lipinski definition) is 1. The number of nitrogens with zero attached hydrogens (tertiary/aromatic N) is 1. The molecule has 0 saturated carbocycles. The molecule has 0 atom stereocenters. The number of hydrogen-bond acceptors (Lipinski definition) is 2. The number of piperidine rings is 1. The van der Waals surface area contributed by atoms with Crippen LogP contribution in [0, 0.1) is 6.92 Å². The van der Waals surface area contributed by atoms with Gasteiger partial charge in [0.25, 0.3) is 0 Å². The second kappa shape index (κ2) is 4.89. The molecule has 3 heteroatoms. The van der Waals surface area contributed by atoms with Gasteiger partial charge in [-0.3, -0.25) is 0 Å². The minimum atomic E-state index is 0.669. The van der Waals surface area contributed by atoms with Gasteiger partial charge in [-0.25, -0.2) is 0 Å². The molecule has 1 N–H and O–H groups in total. The van der Waals surface area contributed by atoms with Gasteiger partial charge in [0.05, 0.1) is 12.6 Å². The lowest BCUT2D eigenvalue weighted by Gasteiger charge is -2.23. The lowest BCUT2D eigenvalue weighted by atomic mass is 9.94. The number of nitrogens with one attached hydrogen (secondary N) is 1. The zero-order valence-electron chi connectivity index (χ0n) is 12.0. The number of benzene rings is 1. The summed E-state index contributed by atoms with van der Waals surface area (Å²) >= 11 is 0. The highest BCUT2D eigenvalue weighted by Gasteiger charge is 2.21. The fourth-order valence-electron chi connectivity index (χ4n) is 3.26.